The van der Waals surface area contributed by atoms with Crippen LogP contribution in [0.3, 0.4) is 0 Å². The van der Waals surface area contributed by atoms with Crippen molar-refractivity contribution in [3.63, 3.8) is 0 Å². The van der Waals surface area contributed by atoms with Gasteiger partial charge in [-0.25, -0.2) is 12.7 Å². The highest BCUT2D eigenvalue weighted by atomic mass is 32.2. The van der Waals surface area contributed by atoms with Gasteiger partial charge in [-0.3, -0.25) is 9.59 Å². The average Bonchev–Trinajstić information content (AvgIpc) is 3.22. The van der Waals surface area contributed by atoms with Crippen LogP contribution < -0.4 is 10.6 Å². The number of carbonyl (C=O) groups excluding carboxylic acids is 2. The molecule has 2 aromatic carbocycles. The molecule has 1 aliphatic rings. The molecule has 0 aromatic heterocycles. The predicted octanol–water partition coefficient (Wildman–Crippen LogP) is 3.48. The van der Waals surface area contributed by atoms with Crippen LogP contribution in [0.2, 0.25) is 0 Å². The van der Waals surface area contributed by atoms with Gasteiger partial charge in [0, 0.05) is 25.7 Å². The van der Waals surface area contributed by atoms with Gasteiger partial charge in [0.05, 0.1) is 16.1 Å². The zero-order valence-electron chi connectivity index (χ0n) is 18.4. The molecule has 0 bridgehead atoms. The van der Waals surface area contributed by atoms with E-state index in [4.69, 9.17) is 0 Å². The van der Waals surface area contributed by atoms with Crippen LogP contribution >= 0.6 is 0 Å². The van der Waals surface area contributed by atoms with E-state index >= 15 is 0 Å². The smallest absolute Gasteiger partial charge is 0.255 e. The number of amides is 2. The minimum absolute atomic E-state index is 0.0925. The first-order valence-electron chi connectivity index (χ1n) is 10.4. The summed E-state index contributed by atoms with van der Waals surface area (Å²) in [5.74, 6) is -0.696. The number of para-hydroxylation sites is 1. The second-order valence-electron chi connectivity index (χ2n) is 8.16. The second kappa shape index (κ2) is 9.20. The number of hydrogen-bond donors (Lipinski definition) is 2. The van der Waals surface area contributed by atoms with E-state index in [1.165, 1.54) is 20.2 Å². The van der Waals surface area contributed by atoms with Gasteiger partial charge >= 0.3 is 0 Å². The molecule has 0 spiro atoms. The molecule has 0 heterocycles. The molecule has 1 saturated carbocycles. The molecule has 0 atom stereocenters. The van der Waals surface area contributed by atoms with Crippen molar-refractivity contribution in [2.24, 2.45) is 0 Å². The fraction of sp³-hybridized carbons (Fsp3) is 0.391. The van der Waals surface area contributed by atoms with Gasteiger partial charge in [-0.15, -0.1) is 0 Å². The first kappa shape index (κ1) is 23.0. The minimum atomic E-state index is -3.70. The molecule has 2 aromatic rings. The maximum atomic E-state index is 13.0. The van der Waals surface area contributed by atoms with Gasteiger partial charge in [0.25, 0.3) is 11.8 Å². The second-order valence-corrected chi connectivity index (χ2v) is 10.3. The van der Waals surface area contributed by atoms with Crippen molar-refractivity contribution in [3.8, 4) is 0 Å². The van der Waals surface area contributed by atoms with Crippen LogP contribution in [-0.2, 0) is 10.0 Å². The Balaban J connectivity index is 1.89. The molecule has 0 saturated heterocycles. The standard InChI is InChI=1S/C23H29N3O4S/c1-15-13-17(14-21(16(15)2)31(29,30)26(3)4)22(27)25-20-12-8-7-11-19(20)23(28)24-18-9-5-6-10-18/h7-8,11-14,18H,5-6,9-10H2,1-4H3,(H,24,28)(H,25,27). The van der Waals surface area contributed by atoms with Crippen molar-refractivity contribution in [1.29, 1.82) is 0 Å². The van der Waals surface area contributed by atoms with Crippen LogP contribution in [-0.4, -0.2) is 44.7 Å². The summed E-state index contributed by atoms with van der Waals surface area (Å²) in [6.07, 6.45) is 4.14. The summed E-state index contributed by atoms with van der Waals surface area (Å²) in [6.45, 7) is 3.49. The van der Waals surface area contributed by atoms with Crippen LogP contribution in [0.25, 0.3) is 0 Å². The number of carbonyl (C=O) groups is 2. The molecule has 3 rings (SSSR count). The van der Waals surface area contributed by atoms with Gasteiger partial charge < -0.3 is 10.6 Å². The van der Waals surface area contributed by atoms with Crippen LogP contribution in [0, 0.1) is 13.8 Å². The van der Waals surface area contributed by atoms with Gasteiger partial charge in [0.1, 0.15) is 0 Å². The quantitative estimate of drug-likeness (QED) is 0.715. The van der Waals surface area contributed by atoms with E-state index in [-0.39, 0.29) is 22.4 Å². The molecule has 1 aliphatic carbocycles. The summed E-state index contributed by atoms with van der Waals surface area (Å²) in [7, 11) is -0.796. The van der Waals surface area contributed by atoms with Crippen molar-refractivity contribution in [2.45, 2.75) is 50.5 Å². The van der Waals surface area contributed by atoms with E-state index in [1.807, 2.05) is 0 Å². The van der Waals surface area contributed by atoms with Crippen LogP contribution in [0.4, 0.5) is 5.69 Å². The van der Waals surface area contributed by atoms with Crippen LogP contribution in [0.15, 0.2) is 41.3 Å². The Bertz CT molecular complexity index is 1100. The maximum absolute atomic E-state index is 13.0. The Morgan fingerprint density at radius 1 is 1.00 bits per heavy atom. The van der Waals surface area contributed by atoms with E-state index in [9.17, 15) is 18.0 Å². The zero-order chi connectivity index (χ0) is 22.8. The Hall–Kier alpha value is -2.71. The first-order chi connectivity index (χ1) is 14.6. The number of nitrogens with zero attached hydrogens (tertiary/aromatic N) is 1. The Labute approximate surface area is 183 Å². The van der Waals surface area contributed by atoms with Crippen molar-refractivity contribution in [3.05, 3.63) is 58.7 Å². The van der Waals surface area contributed by atoms with Crippen molar-refractivity contribution >= 4 is 27.5 Å². The Kier molecular flexibility index (Phi) is 6.81. The van der Waals surface area contributed by atoms with Crippen LogP contribution in [0.5, 0.6) is 0 Å². The highest BCUT2D eigenvalue weighted by molar-refractivity contribution is 7.89. The number of anilines is 1. The van der Waals surface area contributed by atoms with Gasteiger partial charge in [0.2, 0.25) is 10.0 Å². The number of aryl methyl sites for hydroxylation is 1. The molecule has 7 nitrogen and oxygen atoms in total. The molecule has 2 amide bonds. The summed E-state index contributed by atoms with van der Waals surface area (Å²) < 4.78 is 26.5. The molecule has 1 fully saturated rings. The third-order valence-electron chi connectivity index (χ3n) is 5.75. The molecular formula is C23H29N3O4S. The third-order valence-corrected chi connectivity index (χ3v) is 7.69. The summed E-state index contributed by atoms with van der Waals surface area (Å²) in [5.41, 5.74) is 2.28. The van der Waals surface area contributed by atoms with Crippen LogP contribution in [0.1, 0.15) is 57.5 Å². The number of rotatable bonds is 6. The van der Waals surface area contributed by atoms with E-state index in [0.29, 0.717) is 22.4 Å². The van der Waals surface area contributed by atoms with E-state index in [0.717, 1.165) is 30.0 Å². The molecule has 0 unspecified atom stereocenters. The lowest BCUT2D eigenvalue weighted by Gasteiger charge is -2.17. The normalized spacial score (nSPS) is 14.6. The minimum Gasteiger partial charge on any atom is -0.349 e. The Morgan fingerprint density at radius 2 is 1.65 bits per heavy atom. The molecule has 31 heavy (non-hydrogen) atoms. The van der Waals surface area contributed by atoms with Gasteiger partial charge in [-0.05, 0) is 62.1 Å². The fourth-order valence-corrected chi connectivity index (χ4v) is 4.96. The zero-order valence-corrected chi connectivity index (χ0v) is 19.2. The van der Waals surface area contributed by atoms with Crippen molar-refractivity contribution in [2.75, 3.05) is 19.4 Å². The molecule has 2 N–H and O–H groups in total. The lowest BCUT2D eigenvalue weighted by molar-refractivity contribution is 0.0938. The third kappa shape index (κ3) is 4.97. The molecule has 8 heteroatoms. The molecule has 0 aliphatic heterocycles. The predicted molar refractivity (Wildman–Crippen MR) is 121 cm³/mol. The molecular weight excluding hydrogens is 414 g/mol. The van der Waals surface area contributed by atoms with Gasteiger partial charge in [-0.2, -0.15) is 0 Å². The largest absolute Gasteiger partial charge is 0.349 e. The summed E-state index contributed by atoms with van der Waals surface area (Å²) in [6, 6.07) is 10.0. The summed E-state index contributed by atoms with van der Waals surface area (Å²) in [4.78, 5) is 25.8. The topological polar surface area (TPSA) is 95.6 Å². The summed E-state index contributed by atoms with van der Waals surface area (Å²) >= 11 is 0. The highest BCUT2D eigenvalue weighted by Gasteiger charge is 2.24. The fourth-order valence-electron chi connectivity index (χ4n) is 3.74. The number of hydrogen-bond acceptors (Lipinski definition) is 4. The number of sulfonamides is 1. The lowest BCUT2D eigenvalue weighted by atomic mass is 10.1. The average molecular weight is 444 g/mol. The van der Waals surface area contributed by atoms with Gasteiger partial charge in [-0.1, -0.05) is 25.0 Å². The number of nitrogens with one attached hydrogen (secondary N) is 2. The first-order valence-corrected chi connectivity index (χ1v) is 11.8. The van der Waals surface area contributed by atoms with Crippen molar-refractivity contribution < 1.29 is 18.0 Å². The molecule has 0 radical (unpaired) electrons. The van der Waals surface area contributed by atoms with Gasteiger partial charge in [0.15, 0.2) is 0 Å². The lowest BCUT2D eigenvalue weighted by Crippen LogP contribution is -2.33. The highest BCUT2D eigenvalue weighted by Crippen LogP contribution is 2.25. The van der Waals surface area contributed by atoms with E-state index in [1.54, 1.807) is 44.2 Å². The SMILES string of the molecule is Cc1cc(C(=O)Nc2ccccc2C(=O)NC2CCCC2)cc(S(=O)(=O)N(C)C)c1C. The summed E-state index contributed by atoms with van der Waals surface area (Å²) in [5, 5.41) is 5.81. The van der Waals surface area contributed by atoms with Crippen molar-refractivity contribution in [1.82, 2.24) is 9.62 Å². The monoisotopic (exact) mass is 443 g/mol. The number of benzene rings is 2. The van der Waals surface area contributed by atoms with E-state index < -0.39 is 15.9 Å². The maximum Gasteiger partial charge on any atom is 0.255 e. The molecule has 166 valence electrons. The Morgan fingerprint density at radius 3 is 2.29 bits per heavy atom. The van der Waals surface area contributed by atoms with E-state index in [2.05, 4.69) is 10.6 Å².